The third kappa shape index (κ3) is 4.55. The predicted molar refractivity (Wildman–Crippen MR) is 106 cm³/mol. The van der Waals surface area contributed by atoms with Gasteiger partial charge in [0.15, 0.2) is 0 Å². The van der Waals surface area contributed by atoms with E-state index in [-0.39, 0.29) is 24.7 Å². The molecule has 0 bridgehead atoms. The Labute approximate surface area is 172 Å². The maximum Gasteiger partial charge on any atom is 0.344 e. The SMILES string of the molecule is C/C=C(/C)C(=O)O[C@H]1CCN2CC=C(COC(=O)[C@](O)([C@H](C)OC)C(C)(C)O)[C@H]12. The minimum Gasteiger partial charge on any atom is -0.459 e. The average Bonchev–Trinajstić information content (AvgIpc) is 3.26. The summed E-state index contributed by atoms with van der Waals surface area (Å²) in [7, 11) is 1.34. The fourth-order valence-electron chi connectivity index (χ4n) is 3.82. The number of fused-ring (bicyclic) bond motifs is 1. The van der Waals surface area contributed by atoms with Gasteiger partial charge in [-0.1, -0.05) is 12.2 Å². The summed E-state index contributed by atoms with van der Waals surface area (Å²) in [6.45, 7) is 9.03. The van der Waals surface area contributed by atoms with Crippen LogP contribution in [0.5, 0.6) is 0 Å². The summed E-state index contributed by atoms with van der Waals surface area (Å²) in [6.07, 6.45) is 3.05. The molecule has 1 fully saturated rings. The molecule has 2 aliphatic rings. The molecule has 0 aromatic rings. The van der Waals surface area contributed by atoms with Crippen molar-refractivity contribution < 1.29 is 34.0 Å². The Hall–Kier alpha value is -1.74. The summed E-state index contributed by atoms with van der Waals surface area (Å²) < 4.78 is 16.1. The minimum atomic E-state index is -2.23. The molecule has 2 aliphatic heterocycles. The van der Waals surface area contributed by atoms with Crippen molar-refractivity contribution in [1.82, 2.24) is 4.90 Å². The lowest BCUT2D eigenvalue weighted by Gasteiger charge is -2.40. The lowest BCUT2D eigenvalue weighted by Crippen LogP contribution is -2.63. The second-order valence-electron chi connectivity index (χ2n) is 8.20. The molecular weight excluding hydrogens is 378 g/mol. The predicted octanol–water partition coefficient (Wildman–Crippen LogP) is 0.959. The van der Waals surface area contributed by atoms with Crippen molar-refractivity contribution >= 4 is 11.9 Å². The first-order chi connectivity index (χ1) is 13.5. The van der Waals surface area contributed by atoms with Gasteiger partial charge in [-0.15, -0.1) is 0 Å². The Morgan fingerprint density at radius 3 is 2.59 bits per heavy atom. The Morgan fingerprint density at radius 2 is 2.03 bits per heavy atom. The fraction of sp³-hybridized carbons (Fsp3) is 0.714. The third-order valence-corrected chi connectivity index (χ3v) is 5.98. The summed E-state index contributed by atoms with van der Waals surface area (Å²) in [5.74, 6) is -1.32. The number of esters is 2. The molecule has 4 atom stereocenters. The van der Waals surface area contributed by atoms with Gasteiger partial charge >= 0.3 is 11.9 Å². The van der Waals surface area contributed by atoms with Gasteiger partial charge in [0.25, 0.3) is 0 Å². The monoisotopic (exact) mass is 411 g/mol. The van der Waals surface area contributed by atoms with Gasteiger partial charge in [0.2, 0.25) is 5.60 Å². The van der Waals surface area contributed by atoms with Crippen molar-refractivity contribution in [3.8, 4) is 0 Å². The van der Waals surface area contributed by atoms with E-state index in [9.17, 15) is 19.8 Å². The smallest absolute Gasteiger partial charge is 0.344 e. The van der Waals surface area contributed by atoms with Gasteiger partial charge in [0.1, 0.15) is 18.3 Å². The lowest BCUT2D eigenvalue weighted by molar-refractivity contribution is -0.216. The Balaban J connectivity index is 2.08. The third-order valence-electron chi connectivity index (χ3n) is 5.98. The lowest BCUT2D eigenvalue weighted by atomic mass is 9.81. The van der Waals surface area contributed by atoms with Crippen molar-refractivity contribution in [3.63, 3.8) is 0 Å². The van der Waals surface area contributed by atoms with Crippen molar-refractivity contribution in [2.24, 2.45) is 0 Å². The highest BCUT2D eigenvalue weighted by atomic mass is 16.6. The molecule has 0 amide bonds. The summed E-state index contributed by atoms with van der Waals surface area (Å²) in [5, 5.41) is 21.2. The minimum absolute atomic E-state index is 0.0640. The average molecular weight is 411 g/mol. The van der Waals surface area contributed by atoms with E-state index in [4.69, 9.17) is 14.2 Å². The van der Waals surface area contributed by atoms with Crippen LogP contribution in [0.15, 0.2) is 23.3 Å². The summed E-state index contributed by atoms with van der Waals surface area (Å²) in [5.41, 5.74) is -2.65. The number of rotatable bonds is 8. The van der Waals surface area contributed by atoms with Crippen LogP contribution in [0.4, 0.5) is 0 Å². The largest absolute Gasteiger partial charge is 0.459 e. The molecule has 0 unspecified atom stereocenters. The molecule has 2 heterocycles. The van der Waals surface area contributed by atoms with Crippen molar-refractivity contribution in [2.75, 3.05) is 26.8 Å². The first kappa shape index (κ1) is 23.5. The van der Waals surface area contributed by atoms with Crippen LogP contribution in [-0.4, -0.2) is 83.3 Å². The molecule has 8 nitrogen and oxygen atoms in total. The van der Waals surface area contributed by atoms with Gasteiger partial charge in [-0.25, -0.2) is 9.59 Å². The van der Waals surface area contributed by atoms with Crippen LogP contribution >= 0.6 is 0 Å². The molecule has 29 heavy (non-hydrogen) atoms. The second-order valence-corrected chi connectivity index (χ2v) is 8.20. The van der Waals surface area contributed by atoms with Gasteiger partial charge in [-0.3, -0.25) is 4.90 Å². The van der Waals surface area contributed by atoms with E-state index in [1.54, 1.807) is 19.9 Å². The van der Waals surface area contributed by atoms with Crippen molar-refractivity contribution in [1.29, 1.82) is 0 Å². The molecule has 0 spiro atoms. The fourth-order valence-corrected chi connectivity index (χ4v) is 3.82. The molecule has 0 aromatic heterocycles. The summed E-state index contributed by atoms with van der Waals surface area (Å²) >= 11 is 0. The van der Waals surface area contributed by atoms with Gasteiger partial charge in [0.05, 0.1) is 12.1 Å². The van der Waals surface area contributed by atoms with E-state index in [1.807, 2.05) is 6.08 Å². The maximum absolute atomic E-state index is 12.7. The van der Waals surface area contributed by atoms with Crippen LogP contribution in [0.3, 0.4) is 0 Å². The standard InChI is InChI=1S/C21H33NO7/c1-7-13(2)18(23)29-16-9-11-22-10-8-15(17(16)22)12-28-19(24)21(26,14(3)27-6)20(4,5)25/h7-8,14,16-17,25-26H,9-12H2,1-6H3/b13-7-/t14-,16-,17+,21+/m0/s1. The van der Waals surface area contributed by atoms with E-state index in [2.05, 4.69) is 4.90 Å². The Kier molecular flexibility index (Phi) is 7.27. The molecule has 0 aliphatic carbocycles. The molecule has 0 aromatic carbocycles. The van der Waals surface area contributed by atoms with Gasteiger partial charge in [0, 0.05) is 25.8 Å². The highest BCUT2D eigenvalue weighted by molar-refractivity contribution is 5.87. The van der Waals surface area contributed by atoms with E-state index in [1.165, 1.54) is 27.9 Å². The normalized spacial score (nSPS) is 25.8. The molecule has 8 heteroatoms. The quantitative estimate of drug-likeness (QED) is 0.346. The highest BCUT2D eigenvalue weighted by Crippen LogP contribution is 2.33. The van der Waals surface area contributed by atoms with Gasteiger partial charge in [-0.05, 0) is 46.6 Å². The maximum atomic E-state index is 12.7. The molecule has 2 rings (SSSR count). The van der Waals surface area contributed by atoms with E-state index >= 15 is 0 Å². The van der Waals surface area contributed by atoms with Crippen LogP contribution in [0.2, 0.25) is 0 Å². The zero-order valence-corrected chi connectivity index (χ0v) is 18.1. The molecule has 2 N–H and O–H groups in total. The molecule has 0 radical (unpaired) electrons. The first-order valence-corrected chi connectivity index (χ1v) is 9.89. The van der Waals surface area contributed by atoms with Crippen LogP contribution in [-0.2, 0) is 23.8 Å². The first-order valence-electron chi connectivity index (χ1n) is 9.89. The number of carbonyl (C=O) groups is 2. The number of carbonyl (C=O) groups excluding carboxylic acids is 2. The number of hydrogen-bond donors (Lipinski definition) is 2. The van der Waals surface area contributed by atoms with E-state index in [0.29, 0.717) is 18.5 Å². The van der Waals surface area contributed by atoms with Crippen LogP contribution in [0.25, 0.3) is 0 Å². The molecule has 0 saturated carbocycles. The van der Waals surface area contributed by atoms with Crippen molar-refractivity contribution in [3.05, 3.63) is 23.3 Å². The number of hydrogen-bond acceptors (Lipinski definition) is 8. The highest BCUT2D eigenvalue weighted by Gasteiger charge is 2.55. The zero-order valence-electron chi connectivity index (χ0n) is 18.1. The molecule has 164 valence electrons. The summed E-state index contributed by atoms with van der Waals surface area (Å²) in [4.78, 5) is 27.0. The Morgan fingerprint density at radius 1 is 1.38 bits per heavy atom. The number of allylic oxidation sites excluding steroid dienone is 1. The number of methoxy groups -OCH3 is 1. The topological polar surface area (TPSA) is 106 Å². The van der Waals surface area contributed by atoms with E-state index in [0.717, 1.165) is 12.1 Å². The van der Waals surface area contributed by atoms with Crippen LogP contribution < -0.4 is 0 Å². The van der Waals surface area contributed by atoms with Gasteiger partial charge < -0.3 is 24.4 Å². The van der Waals surface area contributed by atoms with Gasteiger partial charge in [-0.2, -0.15) is 0 Å². The molecule has 1 saturated heterocycles. The number of nitrogens with zero attached hydrogens (tertiary/aromatic N) is 1. The number of aliphatic hydroxyl groups is 2. The molecular formula is C21H33NO7. The van der Waals surface area contributed by atoms with Crippen molar-refractivity contribution in [2.45, 2.75) is 70.5 Å². The number of ether oxygens (including phenoxy) is 3. The Bertz CT molecular complexity index is 694. The van der Waals surface area contributed by atoms with E-state index < -0.39 is 23.3 Å². The zero-order chi connectivity index (χ0) is 22.0. The van der Waals surface area contributed by atoms with Crippen LogP contribution in [0.1, 0.15) is 41.0 Å². The van der Waals surface area contributed by atoms with Crippen LogP contribution in [0, 0.1) is 0 Å². The second kappa shape index (κ2) is 8.95. The summed E-state index contributed by atoms with van der Waals surface area (Å²) in [6, 6.07) is -0.161.